The van der Waals surface area contributed by atoms with Crippen LogP contribution in [0.4, 0.5) is 17.1 Å². The fourth-order valence-corrected chi connectivity index (χ4v) is 10.2. The minimum Gasteiger partial charge on any atom is -0.310 e. The molecule has 51 heavy (non-hydrogen) atoms. The second-order valence-corrected chi connectivity index (χ2v) is 14.7. The molecule has 2 heteroatoms. The molecule has 2 aliphatic rings. The lowest BCUT2D eigenvalue weighted by Crippen LogP contribution is -2.29. The highest BCUT2D eigenvalue weighted by molar-refractivity contribution is 7.26. The highest BCUT2D eigenvalue weighted by Crippen LogP contribution is 2.63. The smallest absolute Gasteiger partial charge is 0.0725 e. The lowest BCUT2D eigenvalue weighted by molar-refractivity contribution is 0.776. The van der Waals surface area contributed by atoms with Gasteiger partial charge in [-0.1, -0.05) is 140 Å². The number of fused-ring (bicyclic) bond motifs is 16. The number of hydrogen-bond acceptors (Lipinski definition) is 2. The highest BCUT2D eigenvalue weighted by Gasteiger charge is 2.50. The third-order valence-corrected chi connectivity index (χ3v) is 12.2. The molecule has 1 heterocycles. The molecule has 11 rings (SSSR count). The maximum Gasteiger partial charge on any atom is 0.0725 e. The Labute approximate surface area is 301 Å². The van der Waals surface area contributed by atoms with Crippen molar-refractivity contribution in [2.45, 2.75) is 5.41 Å². The van der Waals surface area contributed by atoms with Gasteiger partial charge in [0.1, 0.15) is 0 Å². The summed E-state index contributed by atoms with van der Waals surface area (Å²) < 4.78 is 2.67. The predicted molar refractivity (Wildman–Crippen MR) is 216 cm³/mol. The number of anilines is 3. The van der Waals surface area contributed by atoms with E-state index >= 15 is 0 Å². The van der Waals surface area contributed by atoms with E-state index in [0.717, 1.165) is 17.1 Å². The molecule has 1 unspecified atom stereocenters. The molecule has 0 saturated heterocycles. The van der Waals surface area contributed by atoms with Crippen molar-refractivity contribution in [1.29, 1.82) is 0 Å². The Bertz CT molecular complexity index is 2770. The zero-order valence-electron chi connectivity index (χ0n) is 27.8. The van der Waals surface area contributed by atoms with E-state index in [1.54, 1.807) is 0 Å². The van der Waals surface area contributed by atoms with Crippen LogP contribution in [-0.2, 0) is 5.41 Å². The molecule has 0 radical (unpaired) electrons. The summed E-state index contributed by atoms with van der Waals surface area (Å²) in [5, 5.41) is 2.71. The van der Waals surface area contributed by atoms with Gasteiger partial charge < -0.3 is 4.90 Å². The Morgan fingerprint density at radius 2 is 0.882 bits per heavy atom. The van der Waals surface area contributed by atoms with Crippen molar-refractivity contribution in [2.24, 2.45) is 0 Å². The van der Waals surface area contributed by atoms with Crippen molar-refractivity contribution in [3.63, 3.8) is 0 Å². The second kappa shape index (κ2) is 10.9. The normalized spacial score (nSPS) is 15.1. The zero-order valence-corrected chi connectivity index (χ0v) is 28.6. The molecule has 9 aromatic rings. The lowest BCUT2D eigenvalue weighted by Gasteiger charge is -2.36. The molecule has 1 aromatic heterocycles. The molecule has 1 nitrogen and oxygen atoms in total. The van der Waals surface area contributed by atoms with Crippen LogP contribution in [0.1, 0.15) is 22.3 Å². The molecule has 0 fully saturated rings. The van der Waals surface area contributed by atoms with Gasteiger partial charge in [0.15, 0.2) is 0 Å². The first kappa shape index (κ1) is 28.6. The number of hydrogen-bond donors (Lipinski definition) is 0. The molecule has 0 bridgehead atoms. The molecule has 0 N–H and O–H groups in total. The van der Waals surface area contributed by atoms with Crippen LogP contribution in [0.25, 0.3) is 53.6 Å². The first-order valence-electron chi connectivity index (χ1n) is 17.6. The Kier molecular flexibility index (Phi) is 6.11. The standard InChI is InChI=1S/C49H31NS/c1-3-15-32(16-4-1)50(33-17-5-2-6-18-33)34-27-28-43-40(31-34)36-20-8-7-19-35(36)37-21-9-12-24-41(37)49(43)42-25-13-10-22-38(42)47-44(49)29-30-46-48(47)39-23-11-14-26-45(39)51-46/h1-31H. The van der Waals surface area contributed by atoms with Crippen LogP contribution in [0.2, 0.25) is 0 Å². The molecular formula is C49H31NS. The quantitative estimate of drug-likeness (QED) is 0.182. The average molecular weight is 666 g/mol. The van der Waals surface area contributed by atoms with Crippen LogP contribution in [0.5, 0.6) is 0 Å². The van der Waals surface area contributed by atoms with Crippen molar-refractivity contribution in [3.05, 3.63) is 210 Å². The number of rotatable bonds is 3. The third kappa shape index (κ3) is 3.91. The largest absolute Gasteiger partial charge is 0.310 e. The van der Waals surface area contributed by atoms with Crippen molar-refractivity contribution < 1.29 is 0 Å². The van der Waals surface area contributed by atoms with Crippen LogP contribution in [0.15, 0.2) is 188 Å². The molecule has 1 atom stereocenters. The molecule has 2 aliphatic carbocycles. The van der Waals surface area contributed by atoms with E-state index in [4.69, 9.17) is 0 Å². The van der Waals surface area contributed by atoms with E-state index in [9.17, 15) is 0 Å². The Hall–Kier alpha value is -6.22. The third-order valence-electron chi connectivity index (χ3n) is 11.1. The van der Waals surface area contributed by atoms with E-state index in [2.05, 4.69) is 193 Å². The monoisotopic (exact) mass is 665 g/mol. The maximum absolute atomic E-state index is 2.45. The minimum atomic E-state index is -0.531. The molecule has 8 aromatic carbocycles. The van der Waals surface area contributed by atoms with Crippen LogP contribution in [0.3, 0.4) is 0 Å². The summed E-state index contributed by atoms with van der Waals surface area (Å²) >= 11 is 1.90. The highest BCUT2D eigenvalue weighted by atomic mass is 32.1. The van der Waals surface area contributed by atoms with E-state index in [0.29, 0.717) is 0 Å². The number of benzene rings is 8. The Balaban J connectivity index is 1.30. The van der Waals surface area contributed by atoms with Crippen LogP contribution >= 0.6 is 11.3 Å². The van der Waals surface area contributed by atoms with Gasteiger partial charge in [0.2, 0.25) is 0 Å². The number of thiophene rings is 1. The van der Waals surface area contributed by atoms with Gasteiger partial charge in [-0.2, -0.15) is 0 Å². The number of para-hydroxylation sites is 2. The maximum atomic E-state index is 2.45. The van der Waals surface area contributed by atoms with Crippen LogP contribution in [0, 0.1) is 0 Å². The summed E-state index contributed by atoms with van der Waals surface area (Å²) in [6.07, 6.45) is 0. The Morgan fingerprint density at radius 1 is 0.353 bits per heavy atom. The van der Waals surface area contributed by atoms with E-state index in [-0.39, 0.29) is 0 Å². The fraction of sp³-hybridized carbons (Fsp3) is 0.0204. The van der Waals surface area contributed by atoms with Gasteiger partial charge in [-0.05, 0) is 104 Å². The summed E-state index contributed by atoms with van der Waals surface area (Å²) in [5.41, 5.74) is 16.0. The lowest BCUT2D eigenvalue weighted by atomic mass is 9.66. The first-order valence-corrected chi connectivity index (χ1v) is 18.4. The summed E-state index contributed by atoms with van der Waals surface area (Å²) in [5.74, 6) is 0. The van der Waals surface area contributed by atoms with Crippen molar-refractivity contribution >= 4 is 48.6 Å². The van der Waals surface area contributed by atoms with Gasteiger partial charge >= 0.3 is 0 Å². The van der Waals surface area contributed by atoms with Crippen molar-refractivity contribution in [2.75, 3.05) is 4.90 Å². The molecular weight excluding hydrogens is 635 g/mol. The molecule has 238 valence electrons. The average Bonchev–Trinajstić information content (AvgIpc) is 3.69. The van der Waals surface area contributed by atoms with Crippen LogP contribution in [-0.4, -0.2) is 0 Å². The molecule has 0 aliphatic heterocycles. The summed E-state index contributed by atoms with van der Waals surface area (Å²) in [7, 11) is 0. The van der Waals surface area contributed by atoms with E-state index in [1.165, 1.54) is 75.8 Å². The fourth-order valence-electron chi connectivity index (χ4n) is 9.13. The van der Waals surface area contributed by atoms with Gasteiger partial charge in [0.25, 0.3) is 0 Å². The van der Waals surface area contributed by atoms with E-state index < -0.39 is 5.41 Å². The van der Waals surface area contributed by atoms with Crippen LogP contribution < -0.4 is 4.90 Å². The molecule has 0 saturated carbocycles. The second-order valence-electron chi connectivity index (χ2n) is 13.6. The van der Waals surface area contributed by atoms with E-state index in [1.807, 2.05) is 11.3 Å². The Morgan fingerprint density at radius 3 is 1.61 bits per heavy atom. The topological polar surface area (TPSA) is 3.24 Å². The first-order chi connectivity index (χ1) is 25.3. The summed E-state index contributed by atoms with van der Waals surface area (Å²) in [6.45, 7) is 0. The van der Waals surface area contributed by atoms with Gasteiger partial charge in [-0.25, -0.2) is 0 Å². The summed E-state index contributed by atoms with van der Waals surface area (Å²) in [4.78, 5) is 2.38. The minimum absolute atomic E-state index is 0.531. The predicted octanol–water partition coefficient (Wildman–Crippen LogP) is 13.5. The van der Waals surface area contributed by atoms with Gasteiger partial charge in [0.05, 0.1) is 5.41 Å². The van der Waals surface area contributed by atoms with Crippen molar-refractivity contribution in [1.82, 2.24) is 0 Å². The molecule has 1 spiro atoms. The van der Waals surface area contributed by atoms with Crippen molar-refractivity contribution in [3.8, 4) is 33.4 Å². The SMILES string of the molecule is c1ccc(N(c2ccccc2)c2ccc3c(c2)-c2ccccc2-c2ccccc2C32c3ccccc3-c3c2ccc2sc4ccccc4c32)cc1. The number of nitrogens with zero attached hydrogens (tertiary/aromatic N) is 1. The van der Waals surface area contributed by atoms with Gasteiger partial charge in [-0.15, -0.1) is 11.3 Å². The van der Waals surface area contributed by atoms with Gasteiger partial charge in [-0.3, -0.25) is 0 Å². The summed E-state index contributed by atoms with van der Waals surface area (Å²) in [6, 6.07) is 69.8. The van der Waals surface area contributed by atoms with Gasteiger partial charge in [0, 0.05) is 37.2 Å². The molecule has 0 amide bonds. The zero-order chi connectivity index (χ0) is 33.5.